The van der Waals surface area contributed by atoms with Gasteiger partial charge in [-0.25, -0.2) is 0 Å². The molecule has 0 N–H and O–H groups in total. The third-order valence-corrected chi connectivity index (χ3v) is 6.91. The second-order valence-corrected chi connectivity index (χ2v) is 8.89. The van der Waals surface area contributed by atoms with Gasteiger partial charge in [0.05, 0.1) is 18.4 Å². The summed E-state index contributed by atoms with van der Waals surface area (Å²) >= 11 is 1.43. The van der Waals surface area contributed by atoms with Gasteiger partial charge in [0.1, 0.15) is 5.75 Å². The van der Waals surface area contributed by atoms with Crippen molar-refractivity contribution in [2.45, 2.75) is 32.0 Å². The first kappa shape index (κ1) is 22.9. The van der Waals surface area contributed by atoms with Crippen LogP contribution in [0.3, 0.4) is 0 Å². The van der Waals surface area contributed by atoms with E-state index in [2.05, 4.69) is 26.9 Å². The number of nitrogens with zero attached hydrogens (tertiary/aromatic N) is 4. The highest BCUT2D eigenvalue weighted by Gasteiger charge is 2.20. The zero-order chi connectivity index (χ0) is 23.4. The SMILES string of the molecule is COc1ccccc1-c1nnc(SCC(=O)c2cc(C)n(C)c2C)n1CCc1ccccc1. The lowest BCUT2D eigenvalue weighted by Crippen LogP contribution is -2.08. The van der Waals surface area contributed by atoms with Gasteiger partial charge in [0.25, 0.3) is 0 Å². The topological polar surface area (TPSA) is 61.9 Å². The highest BCUT2D eigenvalue weighted by Crippen LogP contribution is 2.31. The van der Waals surface area contributed by atoms with Gasteiger partial charge in [0.15, 0.2) is 16.8 Å². The Hall–Kier alpha value is -3.32. The Bertz CT molecular complexity index is 1260. The number of Topliss-reactive ketones (excluding diaryl/α,β-unsaturated/α-hetero) is 1. The smallest absolute Gasteiger partial charge is 0.191 e. The minimum absolute atomic E-state index is 0.0950. The van der Waals surface area contributed by atoms with Gasteiger partial charge in [-0.15, -0.1) is 10.2 Å². The monoisotopic (exact) mass is 460 g/mol. The van der Waals surface area contributed by atoms with Crippen LogP contribution in [0.2, 0.25) is 0 Å². The van der Waals surface area contributed by atoms with Crippen molar-refractivity contribution in [1.82, 2.24) is 19.3 Å². The summed E-state index contributed by atoms with van der Waals surface area (Å²) in [6.45, 7) is 4.69. The van der Waals surface area contributed by atoms with Crippen molar-refractivity contribution in [3.63, 3.8) is 0 Å². The van der Waals surface area contributed by atoms with E-state index in [-0.39, 0.29) is 5.78 Å². The predicted molar refractivity (Wildman–Crippen MR) is 132 cm³/mol. The number of aryl methyl sites for hydroxylation is 2. The zero-order valence-corrected chi connectivity index (χ0v) is 20.2. The third kappa shape index (κ3) is 4.88. The number of aromatic nitrogens is 4. The first-order chi connectivity index (χ1) is 16.0. The number of ether oxygens (including phenoxy) is 1. The van der Waals surface area contributed by atoms with Crippen LogP contribution in [0.1, 0.15) is 27.3 Å². The zero-order valence-electron chi connectivity index (χ0n) is 19.4. The van der Waals surface area contributed by atoms with Crippen LogP contribution in [-0.2, 0) is 20.0 Å². The summed E-state index contributed by atoms with van der Waals surface area (Å²) in [5.41, 5.74) is 4.94. The molecule has 0 saturated carbocycles. The quantitative estimate of drug-likeness (QED) is 0.256. The van der Waals surface area contributed by atoms with Crippen LogP contribution in [-0.4, -0.2) is 38.0 Å². The Morgan fingerprint density at radius 2 is 1.76 bits per heavy atom. The molecule has 33 heavy (non-hydrogen) atoms. The van der Waals surface area contributed by atoms with Gasteiger partial charge in [-0.1, -0.05) is 54.2 Å². The molecule has 0 amide bonds. The summed E-state index contributed by atoms with van der Waals surface area (Å²) in [7, 11) is 3.64. The lowest BCUT2D eigenvalue weighted by atomic mass is 10.1. The maximum atomic E-state index is 13.0. The highest BCUT2D eigenvalue weighted by molar-refractivity contribution is 7.99. The highest BCUT2D eigenvalue weighted by atomic mass is 32.2. The van der Waals surface area contributed by atoms with E-state index < -0.39 is 0 Å². The van der Waals surface area contributed by atoms with Crippen molar-refractivity contribution in [3.05, 3.63) is 83.2 Å². The minimum Gasteiger partial charge on any atom is -0.496 e. The molecular weight excluding hydrogens is 432 g/mol. The van der Waals surface area contributed by atoms with Gasteiger partial charge in [-0.3, -0.25) is 4.79 Å². The number of benzene rings is 2. The molecule has 0 atom stereocenters. The molecule has 4 aromatic rings. The number of hydrogen-bond donors (Lipinski definition) is 0. The fourth-order valence-corrected chi connectivity index (χ4v) is 4.70. The number of thioether (sulfide) groups is 1. The molecule has 7 heteroatoms. The van der Waals surface area contributed by atoms with Gasteiger partial charge in [-0.2, -0.15) is 0 Å². The molecule has 0 radical (unpaired) electrons. The lowest BCUT2D eigenvalue weighted by molar-refractivity contribution is 0.102. The molecule has 2 aromatic heterocycles. The first-order valence-electron chi connectivity index (χ1n) is 10.9. The maximum Gasteiger partial charge on any atom is 0.191 e. The predicted octanol–water partition coefficient (Wildman–Crippen LogP) is 5.13. The fourth-order valence-electron chi connectivity index (χ4n) is 3.86. The number of carbonyl (C=O) groups is 1. The molecule has 0 aliphatic heterocycles. The fraction of sp³-hybridized carbons (Fsp3) is 0.269. The maximum absolute atomic E-state index is 13.0. The summed E-state index contributed by atoms with van der Waals surface area (Å²) in [6, 6.07) is 20.1. The van der Waals surface area contributed by atoms with Crippen LogP contribution in [0.4, 0.5) is 0 Å². The molecule has 0 aliphatic rings. The largest absolute Gasteiger partial charge is 0.496 e. The first-order valence-corrected chi connectivity index (χ1v) is 11.9. The van der Waals surface area contributed by atoms with E-state index >= 15 is 0 Å². The molecular formula is C26H28N4O2S. The van der Waals surface area contributed by atoms with Crippen LogP contribution < -0.4 is 4.74 Å². The molecule has 0 fully saturated rings. The van der Waals surface area contributed by atoms with Crippen molar-refractivity contribution < 1.29 is 9.53 Å². The second-order valence-electron chi connectivity index (χ2n) is 7.95. The van der Waals surface area contributed by atoms with Gasteiger partial charge in [0.2, 0.25) is 0 Å². The van der Waals surface area contributed by atoms with Crippen molar-refractivity contribution in [1.29, 1.82) is 0 Å². The van der Waals surface area contributed by atoms with E-state index in [4.69, 9.17) is 4.74 Å². The van der Waals surface area contributed by atoms with Crippen LogP contribution >= 0.6 is 11.8 Å². The summed E-state index contributed by atoms with van der Waals surface area (Å²) in [5.74, 6) is 1.89. The molecule has 0 spiro atoms. The van der Waals surface area contributed by atoms with E-state index in [0.29, 0.717) is 12.3 Å². The standard InChI is InChI=1S/C26H28N4O2S/c1-18-16-22(19(2)29(18)3)23(31)17-33-26-28-27-25(21-12-8-9-13-24(21)32-4)30(26)15-14-20-10-6-5-7-11-20/h5-13,16H,14-15,17H2,1-4H3. The van der Waals surface area contributed by atoms with Gasteiger partial charge >= 0.3 is 0 Å². The number of carbonyl (C=O) groups excluding carboxylic acids is 1. The van der Waals surface area contributed by atoms with E-state index in [1.807, 2.05) is 74.0 Å². The van der Waals surface area contributed by atoms with E-state index in [1.54, 1.807) is 7.11 Å². The Labute approximate surface area is 198 Å². The molecule has 2 heterocycles. The number of rotatable bonds is 9. The Kier molecular flexibility index (Phi) is 6.99. The van der Waals surface area contributed by atoms with E-state index in [9.17, 15) is 4.79 Å². The summed E-state index contributed by atoms with van der Waals surface area (Å²) in [4.78, 5) is 13.0. The summed E-state index contributed by atoms with van der Waals surface area (Å²) in [5, 5.41) is 9.67. The second kappa shape index (κ2) is 10.1. The van der Waals surface area contributed by atoms with Crippen molar-refractivity contribution in [3.8, 4) is 17.1 Å². The molecule has 0 aliphatic carbocycles. The number of hydrogen-bond acceptors (Lipinski definition) is 5. The average Bonchev–Trinajstić information content (AvgIpc) is 3.37. The number of para-hydroxylation sites is 1. The van der Waals surface area contributed by atoms with Gasteiger partial charge in [0, 0.05) is 30.5 Å². The molecule has 2 aromatic carbocycles. The molecule has 0 bridgehead atoms. The molecule has 170 valence electrons. The van der Waals surface area contributed by atoms with Crippen LogP contribution in [0, 0.1) is 13.8 Å². The Balaban J connectivity index is 1.62. The normalized spacial score (nSPS) is 11.0. The Morgan fingerprint density at radius 1 is 1.03 bits per heavy atom. The minimum atomic E-state index is 0.0950. The Morgan fingerprint density at radius 3 is 2.45 bits per heavy atom. The molecule has 0 unspecified atom stereocenters. The molecule has 4 rings (SSSR count). The van der Waals surface area contributed by atoms with Gasteiger partial charge in [-0.05, 0) is 44.0 Å². The third-order valence-electron chi connectivity index (χ3n) is 5.94. The van der Waals surface area contributed by atoms with Crippen LogP contribution in [0.5, 0.6) is 5.75 Å². The van der Waals surface area contributed by atoms with Crippen LogP contribution in [0.15, 0.2) is 65.8 Å². The van der Waals surface area contributed by atoms with Crippen LogP contribution in [0.25, 0.3) is 11.4 Å². The van der Waals surface area contributed by atoms with E-state index in [0.717, 1.165) is 45.7 Å². The molecule has 0 saturated heterocycles. The number of methoxy groups -OCH3 is 1. The average molecular weight is 461 g/mol. The van der Waals surface area contributed by atoms with Gasteiger partial charge < -0.3 is 13.9 Å². The number of ketones is 1. The lowest BCUT2D eigenvalue weighted by Gasteiger charge is -2.12. The molecule has 6 nitrogen and oxygen atoms in total. The summed E-state index contributed by atoms with van der Waals surface area (Å²) in [6.07, 6.45) is 0.833. The van der Waals surface area contributed by atoms with E-state index in [1.165, 1.54) is 17.3 Å². The summed E-state index contributed by atoms with van der Waals surface area (Å²) < 4.78 is 9.70. The van der Waals surface area contributed by atoms with Crippen molar-refractivity contribution in [2.24, 2.45) is 7.05 Å². The van der Waals surface area contributed by atoms with Crippen molar-refractivity contribution in [2.75, 3.05) is 12.9 Å². The van der Waals surface area contributed by atoms with Crippen molar-refractivity contribution >= 4 is 17.5 Å².